The van der Waals surface area contributed by atoms with E-state index in [1.165, 1.54) is 6.20 Å². The Morgan fingerprint density at radius 1 is 1.71 bits per heavy atom. The van der Waals surface area contributed by atoms with E-state index in [9.17, 15) is 4.79 Å². The van der Waals surface area contributed by atoms with Crippen molar-refractivity contribution in [2.75, 3.05) is 13.2 Å². The molecule has 0 unspecified atom stereocenters. The third kappa shape index (κ3) is 3.87. The van der Waals surface area contributed by atoms with Gasteiger partial charge in [-0.2, -0.15) is 5.10 Å². The lowest BCUT2D eigenvalue weighted by Gasteiger charge is -2.07. The molecule has 1 N–H and O–H groups in total. The van der Waals surface area contributed by atoms with Crippen LogP contribution in [0.4, 0.5) is 0 Å². The molecule has 0 bridgehead atoms. The van der Waals surface area contributed by atoms with E-state index in [0.717, 1.165) is 5.69 Å². The fraction of sp³-hybridized carbons (Fsp3) is 0.455. The van der Waals surface area contributed by atoms with Gasteiger partial charge in [0, 0.05) is 25.2 Å². The molecule has 0 spiro atoms. The molecule has 0 fully saturated rings. The fourth-order valence-corrected chi connectivity index (χ4v) is 1.46. The maximum atomic E-state index is 11.6. The average Bonchev–Trinajstić information content (AvgIpc) is 2.60. The van der Waals surface area contributed by atoms with Crippen molar-refractivity contribution in [3.05, 3.63) is 29.1 Å². The van der Waals surface area contributed by atoms with Gasteiger partial charge in [-0.05, 0) is 6.92 Å². The zero-order valence-electron chi connectivity index (χ0n) is 9.99. The second-order valence-corrected chi connectivity index (χ2v) is 4.00. The topological polar surface area (TPSA) is 56.1 Å². The number of halogens is 1. The molecular weight excluding hydrogens is 242 g/mol. The second-order valence-electron chi connectivity index (χ2n) is 3.47. The Hall–Kier alpha value is -1.33. The predicted molar refractivity (Wildman–Crippen MR) is 65.9 cm³/mol. The summed E-state index contributed by atoms with van der Waals surface area (Å²) in [5.74, 6) is -0.359. The Morgan fingerprint density at radius 2 is 2.41 bits per heavy atom. The first-order valence-corrected chi connectivity index (χ1v) is 5.66. The van der Waals surface area contributed by atoms with Crippen LogP contribution in [0.5, 0.6) is 0 Å². The van der Waals surface area contributed by atoms with Crippen LogP contribution < -0.4 is 5.32 Å². The number of hydrogen-bond donors (Lipinski definition) is 1. The maximum absolute atomic E-state index is 11.6. The molecule has 0 aliphatic carbocycles. The Labute approximate surface area is 105 Å². The normalized spacial score (nSPS) is 10.3. The summed E-state index contributed by atoms with van der Waals surface area (Å²) in [6, 6.07) is 0. The highest BCUT2D eigenvalue weighted by Crippen LogP contribution is 2.09. The zero-order valence-corrected chi connectivity index (χ0v) is 10.8. The molecule has 1 aromatic heterocycles. The molecule has 6 heteroatoms. The van der Waals surface area contributed by atoms with Gasteiger partial charge in [0.1, 0.15) is 5.56 Å². The van der Waals surface area contributed by atoms with Gasteiger partial charge in [-0.15, -0.1) is 0 Å². The Bertz CT molecular complexity index is 415. The van der Waals surface area contributed by atoms with Crippen molar-refractivity contribution >= 4 is 17.6 Å². The fourth-order valence-electron chi connectivity index (χ4n) is 1.37. The minimum atomic E-state index is -0.359. The molecule has 0 atom stereocenters. The number of carbonyl (C=O) groups is 1. The summed E-state index contributed by atoms with van der Waals surface area (Å²) in [6.45, 7) is 6.65. The molecule has 0 saturated heterocycles. The summed E-state index contributed by atoms with van der Waals surface area (Å²) in [7, 11) is 1.77. The lowest BCUT2D eigenvalue weighted by Crippen LogP contribution is -2.19. The summed E-state index contributed by atoms with van der Waals surface area (Å²) in [5.41, 5.74) is 1.24. The average molecular weight is 258 g/mol. The number of aryl methyl sites for hydroxylation is 1. The third-order valence-corrected chi connectivity index (χ3v) is 2.30. The lowest BCUT2D eigenvalue weighted by molar-refractivity contribution is 0.0524. The van der Waals surface area contributed by atoms with Crippen LogP contribution in [0.15, 0.2) is 17.8 Å². The third-order valence-electron chi connectivity index (χ3n) is 2.17. The van der Waals surface area contributed by atoms with Gasteiger partial charge in [-0.25, -0.2) is 4.79 Å². The van der Waals surface area contributed by atoms with Crippen LogP contribution >= 0.6 is 11.6 Å². The first-order chi connectivity index (χ1) is 8.06. The first-order valence-electron chi connectivity index (χ1n) is 5.28. The molecule has 0 radical (unpaired) electrons. The highest BCUT2D eigenvalue weighted by Gasteiger charge is 2.16. The predicted octanol–water partition coefficient (Wildman–Crippen LogP) is 1.44. The van der Waals surface area contributed by atoms with Crippen LogP contribution in [0.3, 0.4) is 0 Å². The van der Waals surface area contributed by atoms with Gasteiger partial charge in [-0.3, -0.25) is 4.68 Å². The van der Waals surface area contributed by atoms with Crippen molar-refractivity contribution in [3.8, 4) is 0 Å². The number of aromatic nitrogens is 2. The van der Waals surface area contributed by atoms with E-state index >= 15 is 0 Å². The minimum absolute atomic E-state index is 0.346. The second kappa shape index (κ2) is 6.42. The van der Waals surface area contributed by atoms with Gasteiger partial charge in [0.05, 0.1) is 18.5 Å². The molecule has 0 aromatic carbocycles. The molecule has 5 nitrogen and oxygen atoms in total. The van der Waals surface area contributed by atoms with E-state index in [1.807, 2.05) is 0 Å². The molecule has 1 aromatic rings. The van der Waals surface area contributed by atoms with E-state index in [1.54, 1.807) is 18.7 Å². The number of hydrogen-bond acceptors (Lipinski definition) is 4. The summed E-state index contributed by atoms with van der Waals surface area (Å²) < 4.78 is 6.58. The van der Waals surface area contributed by atoms with Crippen molar-refractivity contribution in [2.45, 2.75) is 13.5 Å². The lowest BCUT2D eigenvalue weighted by atomic mass is 10.2. The molecule has 94 valence electrons. The monoisotopic (exact) mass is 257 g/mol. The van der Waals surface area contributed by atoms with Gasteiger partial charge in [0.2, 0.25) is 0 Å². The molecule has 0 aliphatic rings. The number of rotatable bonds is 6. The molecule has 0 saturated carbocycles. The largest absolute Gasteiger partial charge is 0.462 e. The Kier molecular flexibility index (Phi) is 5.18. The van der Waals surface area contributed by atoms with Gasteiger partial charge in [0.25, 0.3) is 0 Å². The van der Waals surface area contributed by atoms with E-state index in [-0.39, 0.29) is 5.97 Å². The van der Waals surface area contributed by atoms with Crippen molar-refractivity contribution in [3.63, 3.8) is 0 Å². The molecule has 0 amide bonds. The number of esters is 1. The van der Waals surface area contributed by atoms with Crippen LogP contribution in [0.2, 0.25) is 0 Å². The van der Waals surface area contributed by atoms with E-state index in [2.05, 4.69) is 17.0 Å². The molecule has 17 heavy (non-hydrogen) atoms. The summed E-state index contributed by atoms with van der Waals surface area (Å²) in [4.78, 5) is 11.6. The highest BCUT2D eigenvalue weighted by atomic mass is 35.5. The summed E-state index contributed by atoms with van der Waals surface area (Å²) >= 11 is 5.64. The smallest absolute Gasteiger partial charge is 0.341 e. The van der Waals surface area contributed by atoms with Crippen LogP contribution in [0, 0.1) is 0 Å². The quantitative estimate of drug-likeness (QED) is 0.784. The van der Waals surface area contributed by atoms with Gasteiger partial charge >= 0.3 is 5.97 Å². The SMILES string of the molecule is C=C(Cl)CNCc1c(C(=O)OCC)cnn1C. The van der Waals surface area contributed by atoms with Crippen molar-refractivity contribution in [1.29, 1.82) is 0 Å². The van der Waals surface area contributed by atoms with E-state index in [0.29, 0.717) is 30.3 Å². The number of nitrogens with zero attached hydrogens (tertiary/aromatic N) is 2. The van der Waals surface area contributed by atoms with Crippen LogP contribution in [0.25, 0.3) is 0 Å². The number of ether oxygens (including phenoxy) is 1. The standard InChI is InChI=1S/C11H16ClN3O2/c1-4-17-11(16)9-6-14-15(3)10(9)7-13-5-8(2)12/h6,13H,2,4-5,7H2,1,3H3. The van der Waals surface area contributed by atoms with Gasteiger partial charge in [-0.1, -0.05) is 18.2 Å². The van der Waals surface area contributed by atoms with E-state index < -0.39 is 0 Å². The van der Waals surface area contributed by atoms with Crippen LogP contribution in [-0.2, 0) is 18.3 Å². The van der Waals surface area contributed by atoms with Gasteiger partial charge in [0.15, 0.2) is 0 Å². The molecule has 1 heterocycles. The number of carbonyl (C=O) groups excluding carboxylic acids is 1. The molecule has 1 rings (SSSR count). The Balaban J connectivity index is 2.72. The highest BCUT2D eigenvalue weighted by molar-refractivity contribution is 6.29. The molecule has 0 aliphatic heterocycles. The summed E-state index contributed by atoms with van der Waals surface area (Å²) in [5, 5.41) is 7.62. The zero-order chi connectivity index (χ0) is 12.8. The van der Waals surface area contributed by atoms with Crippen molar-refractivity contribution in [1.82, 2.24) is 15.1 Å². The number of nitrogens with one attached hydrogen (secondary N) is 1. The van der Waals surface area contributed by atoms with Crippen LogP contribution in [0.1, 0.15) is 23.0 Å². The van der Waals surface area contributed by atoms with Crippen molar-refractivity contribution < 1.29 is 9.53 Å². The summed E-state index contributed by atoms with van der Waals surface area (Å²) in [6.07, 6.45) is 1.50. The van der Waals surface area contributed by atoms with Gasteiger partial charge < -0.3 is 10.1 Å². The first kappa shape index (κ1) is 13.7. The van der Waals surface area contributed by atoms with E-state index in [4.69, 9.17) is 16.3 Å². The van der Waals surface area contributed by atoms with Crippen molar-refractivity contribution in [2.24, 2.45) is 7.05 Å². The molecular formula is C11H16ClN3O2. The maximum Gasteiger partial charge on any atom is 0.341 e. The van der Waals surface area contributed by atoms with Crippen LogP contribution in [-0.4, -0.2) is 28.9 Å². The Morgan fingerprint density at radius 3 is 3.00 bits per heavy atom. The minimum Gasteiger partial charge on any atom is -0.462 e.